The molecule has 3 amide bonds. The fourth-order valence-electron chi connectivity index (χ4n) is 2.53. The third-order valence-corrected chi connectivity index (χ3v) is 4.18. The number of carbonyl (C=O) groups excluding carboxylic acids is 2. The van der Waals surface area contributed by atoms with Crippen molar-refractivity contribution in [2.24, 2.45) is 5.92 Å². The molecule has 6 nitrogen and oxygen atoms in total. The van der Waals surface area contributed by atoms with Crippen LogP contribution in [0.3, 0.4) is 0 Å². The van der Waals surface area contributed by atoms with E-state index in [4.69, 9.17) is 11.6 Å². The number of carbonyl (C=O) groups is 2. The van der Waals surface area contributed by atoms with Gasteiger partial charge in [0, 0.05) is 30.3 Å². The zero-order chi connectivity index (χ0) is 21.8. The molecule has 0 radical (unpaired) electrons. The third kappa shape index (κ3) is 6.87. The summed E-state index contributed by atoms with van der Waals surface area (Å²) in [5.74, 6) is -0.191. The molecular weight excluding hydrogens is 432 g/mol. The zero-order valence-corrected chi connectivity index (χ0v) is 15.4. The van der Waals surface area contributed by atoms with Crippen LogP contribution in [0.2, 0.25) is 5.02 Å². The Labute approximate surface area is 166 Å². The molecule has 1 saturated heterocycles. The summed E-state index contributed by atoms with van der Waals surface area (Å²) in [6.45, 7) is 0.0470. The van der Waals surface area contributed by atoms with Crippen LogP contribution in [0.1, 0.15) is 6.42 Å². The van der Waals surface area contributed by atoms with Gasteiger partial charge in [-0.05, 0) is 30.5 Å². The summed E-state index contributed by atoms with van der Waals surface area (Å²) < 4.78 is 77.9. The van der Waals surface area contributed by atoms with Gasteiger partial charge in [-0.25, -0.2) is 9.59 Å². The molecule has 1 aliphatic heterocycles. The molecule has 1 heterocycles. The monoisotopic (exact) mass is 447 g/mol. The normalized spacial score (nSPS) is 15.1. The first-order chi connectivity index (χ1) is 13.4. The second-order valence-electron chi connectivity index (χ2n) is 6.30. The zero-order valence-electron chi connectivity index (χ0n) is 14.6. The summed E-state index contributed by atoms with van der Waals surface area (Å²) in [7, 11) is 0. The minimum absolute atomic E-state index is 0.0706. The Morgan fingerprint density at radius 3 is 2.34 bits per heavy atom. The van der Waals surface area contributed by atoms with E-state index in [-0.39, 0.29) is 25.6 Å². The lowest BCUT2D eigenvalue weighted by Gasteiger charge is -2.39. The largest absolute Gasteiger partial charge is 0.434 e. The molecule has 0 atom stereocenters. The second-order valence-corrected chi connectivity index (χ2v) is 6.73. The quantitative estimate of drug-likeness (QED) is 0.657. The maximum Gasteiger partial charge on any atom is 0.434 e. The molecule has 0 saturated carbocycles. The fourth-order valence-corrected chi connectivity index (χ4v) is 2.72. The van der Waals surface area contributed by atoms with Crippen LogP contribution in [0.15, 0.2) is 24.3 Å². The SMILES string of the molecule is O=C(NCCC1CN(C(=O)OC(C(F)(F)F)C(F)(F)F)C1)Nc1cccc(Cl)c1. The van der Waals surface area contributed by atoms with Gasteiger partial charge in [0.1, 0.15) is 0 Å². The molecule has 0 aromatic heterocycles. The summed E-state index contributed by atoms with van der Waals surface area (Å²) in [4.78, 5) is 24.0. The second kappa shape index (κ2) is 8.97. The number of ether oxygens (including phenoxy) is 1. The average molecular weight is 448 g/mol. The predicted octanol–water partition coefficient (Wildman–Crippen LogP) is 4.41. The van der Waals surface area contributed by atoms with E-state index in [1.807, 2.05) is 0 Å². The highest BCUT2D eigenvalue weighted by Gasteiger charge is 2.60. The van der Waals surface area contributed by atoms with Crippen molar-refractivity contribution in [2.45, 2.75) is 24.9 Å². The summed E-state index contributed by atoms with van der Waals surface area (Å²) in [5, 5.41) is 5.51. The van der Waals surface area contributed by atoms with E-state index >= 15 is 0 Å². The van der Waals surface area contributed by atoms with Gasteiger partial charge in [-0.2, -0.15) is 26.3 Å². The highest BCUT2D eigenvalue weighted by molar-refractivity contribution is 6.30. The van der Waals surface area contributed by atoms with E-state index in [0.29, 0.717) is 17.1 Å². The Bertz CT molecular complexity index is 723. The van der Waals surface area contributed by atoms with Gasteiger partial charge in [0.2, 0.25) is 0 Å². The third-order valence-electron chi connectivity index (χ3n) is 3.95. The molecule has 1 fully saturated rings. The lowest BCUT2D eigenvalue weighted by atomic mass is 9.97. The Balaban J connectivity index is 1.69. The molecule has 2 rings (SSSR count). The summed E-state index contributed by atoms with van der Waals surface area (Å²) >= 11 is 5.78. The molecule has 13 heteroatoms. The number of likely N-dealkylation sites (tertiary alicyclic amines) is 1. The first-order valence-corrected chi connectivity index (χ1v) is 8.63. The standard InChI is InChI=1S/C16H16ClF6N3O3/c17-10-2-1-3-11(6-10)25-13(27)24-5-4-9-7-26(8-9)14(28)29-12(15(18,19)20)16(21,22)23/h1-3,6,9,12H,4-5,7-8H2,(H2,24,25,27). The van der Waals surface area contributed by atoms with Crippen molar-refractivity contribution in [3.8, 4) is 0 Å². The number of alkyl halides is 6. The van der Waals surface area contributed by atoms with E-state index in [1.54, 1.807) is 18.2 Å². The Morgan fingerprint density at radius 2 is 1.79 bits per heavy atom. The lowest BCUT2D eigenvalue weighted by Crippen LogP contribution is -2.54. The number of nitrogens with zero attached hydrogens (tertiary/aromatic N) is 1. The molecular formula is C16H16ClF6N3O3. The van der Waals surface area contributed by atoms with Crippen molar-refractivity contribution in [1.29, 1.82) is 0 Å². The molecule has 1 aromatic carbocycles. The van der Waals surface area contributed by atoms with Gasteiger partial charge in [-0.1, -0.05) is 17.7 Å². The molecule has 2 N–H and O–H groups in total. The van der Waals surface area contributed by atoms with Crippen LogP contribution in [0.25, 0.3) is 0 Å². The Morgan fingerprint density at radius 1 is 1.17 bits per heavy atom. The summed E-state index contributed by atoms with van der Waals surface area (Å²) in [6, 6.07) is 5.91. The smallest absolute Gasteiger partial charge is 0.426 e. The van der Waals surface area contributed by atoms with Crippen LogP contribution in [0.4, 0.5) is 41.6 Å². The predicted molar refractivity (Wildman–Crippen MR) is 90.5 cm³/mol. The Hall–Kier alpha value is -2.37. The highest BCUT2D eigenvalue weighted by Crippen LogP contribution is 2.36. The number of benzene rings is 1. The van der Waals surface area contributed by atoms with Crippen molar-refractivity contribution < 1.29 is 40.7 Å². The number of hydrogen-bond donors (Lipinski definition) is 2. The van der Waals surface area contributed by atoms with Crippen LogP contribution in [-0.4, -0.2) is 55.1 Å². The molecule has 0 aliphatic carbocycles. The van der Waals surface area contributed by atoms with Gasteiger partial charge < -0.3 is 20.3 Å². The van der Waals surface area contributed by atoms with Gasteiger partial charge in [-0.3, -0.25) is 0 Å². The number of nitrogens with one attached hydrogen (secondary N) is 2. The summed E-state index contributed by atoms with van der Waals surface area (Å²) in [6.07, 6.45) is -17.0. The molecule has 162 valence electrons. The van der Waals surface area contributed by atoms with E-state index < -0.39 is 30.6 Å². The van der Waals surface area contributed by atoms with Gasteiger partial charge in [0.15, 0.2) is 0 Å². The maximum absolute atomic E-state index is 12.4. The topological polar surface area (TPSA) is 70.7 Å². The van der Waals surface area contributed by atoms with Crippen molar-refractivity contribution in [2.75, 3.05) is 25.0 Å². The Kier molecular flexibility index (Phi) is 7.09. The molecule has 29 heavy (non-hydrogen) atoms. The minimum atomic E-state index is -5.75. The first kappa shape index (κ1) is 22.9. The van der Waals surface area contributed by atoms with Crippen molar-refractivity contribution in [3.63, 3.8) is 0 Å². The van der Waals surface area contributed by atoms with Gasteiger partial charge >= 0.3 is 24.5 Å². The average Bonchev–Trinajstić information content (AvgIpc) is 2.52. The van der Waals surface area contributed by atoms with Crippen molar-refractivity contribution in [3.05, 3.63) is 29.3 Å². The van der Waals surface area contributed by atoms with Gasteiger partial charge in [-0.15, -0.1) is 0 Å². The summed E-state index contributed by atoms with van der Waals surface area (Å²) in [5.41, 5.74) is 0.469. The molecule has 1 aliphatic rings. The van der Waals surface area contributed by atoms with Crippen LogP contribution in [-0.2, 0) is 4.74 Å². The number of anilines is 1. The molecule has 0 unspecified atom stereocenters. The van der Waals surface area contributed by atoms with E-state index in [1.165, 1.54) is 6.07 Å². The van der Waals surface area contributed by atoms with E-state index in [0.717, 1.165) is 4.90 Å². The van der Waals surface area contributed by atoms with Crippen molar-refractivity contribution in [1.82, 2.24) is 10.2 Å². The molecule has 0 spiro atoms. The molecule has 1 aromatic rings. The van der Waals surface area contributed by atoms with E-state index in [2.05, 4.69) is 15.4 Å². The number of urea groups is 1. The van der Waals surface area contributed by atoms with E-state index in [9.17, 15) is 35.9 Å². The van der Waals surface area contributed by atoms with Crippen LogP contribution >= 0.6 is 11.6 Å². The highest BCUT2D eigenvalue weighted by atomic mass is 35.5. The van der Waals surface area contributed by atoms with Crippen molar-refractivity contribution >= 4 is 29.4 Å². The van der Waals surface area contributed by atoms with Crippen LogP contribution in [0.5, 0.6) is 0 Å². The maximum atomic E-state index is 12.4. The minimum Gasteiger partial charge on any atom is -0.426 e. The van der Waals surface area contributed by atoms with Crippen LogP contribution < -0.4 is 10.6 Å². The number of rotatable bonds is 5. The lowest BCUT2D eigenvalue weighted by molar-refractivity contribution is -0.309. The first-order valence-electron chi connectivity index (χ1n) is 8.25. The number of amides is 3. The van der Waals surface area contributed by atoms with Gasteiger partial charge in [0.25, 0.3) is 6.10 Å². The number of hydrogen-bond acceptors (Lipinski definition) is 3. The van der Waals surface area contributed by atoms with Gasteiger partial charge in [0.05, 0.1) is 0 Å². The molecule has 0 bridgehead atoms. The number of halogens is 7. The fraction of sp³-hybridized carbons (Fsp3) is 0.500. The van der Waals surface area contributed by atoms with Crippen LogP contribution in [0, 0.1) is 5.92 Å².